The molecular weight excluding hydrogens is 344 g/mol. The average Bonchev–Trinajstić information content (AvgIpc) is 2.71. The van der Waals surface area contributed by atoms with Gasteiger partial charge in [0.25, 0.3) is 0 Å². The minimum Gasteiger partial charge on any atom is -0.497 e. The highest BCUT2D eigenvalue weighted by atomic mass is 16.5. The molecule has 1 saturated heterocycles. The van der Waals surface area contributed by atoms with Gasteiger partial charge in [-0.05, 0) is 26.7 Å². The zero-order chi connectivity index (χ0) is 19.5. The van der Waals surface area contributed by atoms with Gasteiger partial charge in [-0.1, -0.05) is 0 Å². The molecule has 0 radical (unpaired) electrons. The van der Waals surface area contributed by atoms with Gasteiger partial charge in [-0.2, -0.15) is 0 Å². The summed E-state index contributed by atoms with van der Waals surface area (Å²) in [5.41, 5.74) is 1.14. The highest BCUT2D eigenvalue weighted by molar-refractivity contribution is 5.80. The zero-order valence-electron chi connectivity index (χ0n) is 17.1. The van der Waals surface area contributed by atoms with Crippen molar-refractivity contribution in [3.8, 4) is 11.5 Å². The number of benzene rings is 1. The largest absolute Gasteiger partial charge is 0.497 e. The third-order valence-corrected chi connectivity index (χ3v) is 4.59. The molecule has 1 aliphatic heterocycles. The van der Waals surface area contributed by atoms with E-state index in [9.17, 15) is 0 Å². The molecule has 0 spiro atoms. The molecule has 2 rings (SSSR count). The molecule has 0 saturated carbocycles. The molecule has 0 unspecified atom stereocenters. The van der Waals surface area contributed by atoms with E-state index in [4.69, 9.17) is 14.2 Å². The van der Waals surface area contributed by atoms with E-state index in [0.29, 0.717) is 19.2 Å². The molecule has 152 valence electrons. The molecular formula is C20H34N4O3. The molecule has 2 N–H and O–H groups in total. The molecule has 0 atom stereocenters. The van der Waals surface area contributed by atoms with Crippen LogP contribution in [-0.2, 0) is 4.74 Å². The molecule has 1 aliphatic rings. The van der Waals surface area contributed by atoms with Crippen LogP contribution in [0.2, 0.25) is 0 Å². The Kier molecular flexibility index (Phi) is 9.04. The van der Waals surface area contributed by atoms with Gasteiger partial charge in [0.05, 0.1) is 27.4 Å². The predicted octanol–water partition coefficient (Wildman–Crippen LogP) is 2.26. The van der Waals surface area contributed by atoms with Crippen molar-refractivity contribution in [2.75, 3.05) is 58.5 Å². The summed E-state index contributed by atoms with van der Waals surface area (Å²) in [5, 5.41) is 6.87. The highest BCUT2D eigenvalue weighted by Crippen LogP contribution is 2.30. The van der Waals surface area contributed by atoms with Crippen molar-refractivity contribution in [3.05, 3.63) is 18.2 Å². The minimum atomic E-state index is 0.415. The first-order chi connectivity index (χ1) is 13.2. The Labute approximate surface area is 163 Å². The maximum atomic E-state index is 5.39. The van der Waals surface area contributed by atoms with E-state index in [-0.39, 0.29) is 0 Å². The molecule has 0 aromatic heterocycles. The first-order valence-electron chi connectivity index (χ1n) is 9.80. The highest BCUT2D eigenvalue weighted by Gasteiger charge is 2.21. The summed E-state index contributed by atoms with van der Waals surface area (Å²) in [6.45, 7) is 8.95. The van der Waals surface area contributed by atoms with Gasteiger partial charge < -0.3 is 29.7 Å². The van der Waals surface area contributed by atoms with Crippen LogP contribution < -0.4 is 25.0 Å². The van der Waals surface area contributed by atoms with Crippen molar-refractivity contribution in [3.63, 3.8) is 0 Å². The van der Waals surface area contributed by atoms with Crippen LogP contribution in [0.4, 0.5) is 5.69 Å². The summed E-state index contributed by atoms with van der Waals surface area (Å²) in [4.78, 5) is 6.97. The van der Waals surface area contributed by atoms with Crippen molar-refractivity contribution in [2.45, 2.75) is 32.7 Å². The van der Waals surface area contributed by atoms with E-state index in [2.05, 4.69) is 39.6 Å². The first kappa shape index (κ1) is 21.2. The summed E-state index contributed by atoms with van der Waals surface area (Å²) in [5.74, 6) is 2.51. The minimum absolute atomic E-state index is 0.415. The van der Waals surface area contributed by atoms with Crippen LogP contribution in [0, 0.1) is 0 Å². The normalized spacial score (nSPS) is 15.6. The Bertz CT molecular complexity index is 564. The number of aliphatic imine (C=N–C) groups is 1. The molecule has 7 nitrogen and oxygen atoms in total. The van der Waals surface area contributed by atoms with Crippen LogP contribution in [-0.4, -0.2) is 65.6 Å². The number of anilines is 1. The number of ether oxygens (including phenoxy) is 3. The molecule has 0 bridgehead atoms. The van der Waals surface area contributed by atoms with Crippen LogP contribution in [0.15, 0.2) is 23.2 Å². The third kappa shape index (κ3) is 6.82. The second kappa shape index (κ2) is 11.5. The van der Waals surface area contributed by atoms with Gasteiger partial charge >= 0.3 is 0 Å². The van der Waals surface area contributed by atoms with Crippen LogP contribution >= 0.6 is 0 Å². The molecule has 1 aromatic carbocycles. The summed E-state index contributed by atoms with van der Waals surface area (Å²) in [7, 11) is 3.36. The Morgan fingerprint density at radius 1 is 1.11 bits per heavy atom. The number of rotatable bonds is 9. The first-order valence-corrected chi connectivity index (χ1v) is 9.80. The van der Waals surface area contributed by atoms with Gasteiger partial charge in [0.15, 0.2) is 5.96 Å². The van der Waals surface area contributed by atoms with E-state index in [1.807, 2.05) is 13.0 Å². The lowest BCUT2D eigenvalue weighted by Crippen LogP contribution is -2.48. The lowest BCUT2D eigenvalue weighted by Gasteiger charge is -2.34. The van der Waals surface area contributed by atoms with E-state index in [1.54, 1.807) is 14.2 Å². The monoisotopic (exact) mass is 378 g/mol. The van der Waals surface area contributed by atoms with Crippen molar-refractivity contribution in [1.29, 1.82) is 0 Å². The molecule has 0 aliphatic carbocycles. The molecule has 0 amide bonds. The topological polar surface area (TPSA) is 67.4 Å². The number of guanidine groups is 1. The fraction of sp³-hybridized carbons (Fsp3) is 0.650. The molecule has 1 fully saturated rings. The standard InChI is InChI=1S/C20H34N4O3/c1-5-21-20(22-9-12-27-6-2)23-16-7-10-24(11-8-16)17-13-18(25-3)15-19(14-17)26-4/h13-16H,5-12H2,1-4H3,(H2,21,22,23). The Morgan fingerprint density at radius 3 is 2.33 bits per heavy atom. The smallest absolute Gasteiger partial charge is 0.191 e. The lowest BCUT2D eigenvalue weighted by atomic mass is 10.0. The average molecular weight is 379 g/mol. The van der Waals surface area contributed by atoms with E-state index in [1.165, 1.54) is 0 Å². The fourth-order valence-corrected chi connectivity index (χ4v) is 3.14. The molecule has 7 heteroatoms. The lowest BCUT2D eigenvalue weighted by molar-refractivity contribution is 0.155. The quantitative estimate of drug-likeness (QED) is 0.390. The fourth-order valence-electron chi connectivity index (χ4n) is 3.14. The number of nitrogens with one attached hydrogen (secondary N) is 2. The van der Waals surface area contributed by atoms with Gasteiger partial charge in [0, 0.05) is 56.2 Å². The second-order valence-corrected chi connectivity index (χ2v) is 6.43. The number of hydrogen-bond acceptors (Lipinski definition) is 5. The van der Waals surface area contributed by atoms with Gasteiger partial charge in [-0.25, -0.2) is 0 Å². The number of nitrogens with zero attached hydrogens (tertiary/aromatic N) is 2. The van der Waals surface area contributed by atoms with Crippen molar-refractivity contribution < 1.29 is 14.2 Å². The second-order valence-electron chi connectivity index (χ2n) is 6.43. The summed E-state index contributed by atoms with van der Waals surface area (Å²) < 4.78 is 16.1. The van der Waals surface area contributed by atoms with Gasteiger partial charge in [0.2, 0.25) is 0 Å². The van der Waals surface area contributed by atoms with Crippen LogP contribution in [0.25, 0.3) is 0 Å². The van der Waals surface area contributed by atoms with Gasteiger partial charge in [-0.3, -0.25) is 4.99 Å². The van der Waals surface area contributed by atoms with Crippen molar-refractivity contribution in [1.82, 2.24) is 10.6 Å². The van der Waals surface area contributed by atoms with E-state index >= 15 is 0 Å². The SMILES string of the molecule is CCNC(=NCCOCC)NC1CCN(c2cc(OC)cc(OC)c2)CC1. The van der Waals surface area contributed by atoms with Crippen molar-refractivity contribution in [2.24, 2.45) is 4.99 Å². The van der Waals surface area contributed by atoms with E-state index < -0.39 is 0 Å². The van der Waals surface area contributed by atoms with Crippen molar-refractivity contribution >= 4 is 11.6 Å². The summed E-state index contributed by atoms with van der Waals surface area (Å²) in [6, 6.07) is 6.45. The van der Waals surface area contributed by atoms with Gasteiger partial charge in [0.1, 0.15) is 11.5 Å². The maximum absolute atomic E-state index is 5.39. The number of piperidine rings is 1. The molecule has 1 aromatic rings. The number of hydrogen-bond donors (Lipinski definition) is 2. The summed E-state index contributed by atoms with van der Waals surface area (Å²) in [6.07, 6.45) is 2.10. The maximum Gasteiger partial charge on any atom is 0.191 e. The van der Waals surface area contributed by atoms with E-state index in [0.717, 1.165) is 62.2 Å². The van der Waals surface area contributed by atoms with Crippen LogP contribution in [0.3, 0.4) is 0 Å². The number of methoxy groups -OCH3 is 2. The van der Waals surface area contributed by atoms with Crippen LogP contribution in [0.1, 0.15) is 26.7 Å². The Hall–Kier alpha value is -2.15. The van der Waals surface area contributed by atoms with Gasteiger partial charge in [-0.15, -0.1) is 0 Å². The third-order valence-electron chi connectivity index (χ3n) is 4.59. The Balaban J connectivity index is 1.90. The predicted molar refractivity (Wildman–Crippen MR) is 110 cm³/mol. The summed E-state index contributed by atoms with van der Waals surface area (Å²) >= 11 is 0. The zero-order valence-corrected chi connectivity index (χ0v) is 17.1. The molecule has 27 heavy (non-hydrogen) atoms. The Morgan fingerprint density at radius 2 is 1.78 bits per heavy atom. The molecule has 1 heterocycles. The van der Waals surface area contributed by atoms with Crippen LogP contribution in [0.5, 0.6) is 11.5 Å².